The van der Waals surface area contributed by atoms with Gasteiger partial charge in [-0.1, -0.05) is 18.6 Å². The van der Waals surface area contributed by atoms with Crippen molar-refractivity contribution in [1.82, 2.24) is 14.8 Å². The second-order valence-electron chi connectivity index (χ2n) is 8.19. The predicted molar refractivity (Wildman–Crippen MR) is 108 cm³/mol. The van der Waals surface area contributed by atoms with Crippen LogP contribution in [-0.2, 0) is 11.3 Å². The van der Waals surface area contributed by atoms with E-state index in [0.29, 0.717) is 5.91 Å². The van der Waals surface area contributed by atoms with Gasteiger partial charge in [-0.3, -0.25) is 14.5 Å². The number of hydrogen-bond acceptors (Lipinski definition) is 3. The number of fused-ring (bicyclic) bond motifs is 1. The molecule has 5 heteroatoms. The first-order chi connectivity index (χ1) is 13.0. The van der Waals surface area contributed by atoms with Crippen molar-refractivity contribution in [2.45, 2.75) is 46.1 Å². The summed E-state index contributed by atoms with van der Waals surface area (Å²) in [5.74, 6) is 0.632. The largest absolute Gasteiger partial charge is 0.357 e. The Morgan fingerprint density at radius 3 is 2.59 bits per heavy atom. The number of rotatable bonds is 3. The van der Waals surface area contributed by atoms with Gasteiger partial charge in [0.1, 0.15) is 0 Å². The molecule has 1 amide bonds. The Hall–Kier alpha value is -2.14. The van der Waals surface area contributed by atoms with E-state index in [4.69, 9.17) is 0 Å². The van der Waals surface area contributed by atoms with Gasteiger partial charge in [-0.25, -0.2) is 0 Å². The van der Waals surface area contributed by atoms with Gasteiger partial charge >= 0.3 is 0 Å². The monoisotopic (exact) mass is 367 g/mol. The molecular weight excluding hydrogens is 338 g/mol. The van der Waals surface area contributed by atoms with Gasteiger partial charge in [0, 0.05) is 55.8 Å². The lowest BCUT2D eigenvalue weighted by atomic mass is 9.84. The third-order valence-corrected chi connectivity index (χ3v) is 6.21. The maximum atomic E-state index is 12.6. The molecule has 0 atom stereocenters. The first-order valence-electron chi connectivity index (χ1n) is 10.2. The van der Waals surface area contributed by atoms with E-state index >= 15 is 0 Å². The summed E-state index contributed by atoms with van der Waals surface area (Å²) in [4.78, 5) is 33.1. The Kier molecular flexibility index (Phi) is 5.04. The summed E-state index contributed by atoms with van der Waals surface area (Å²) in [6, 6.07) is 5.82. The fourth-order valence-corrected chi connectivity index (χ4v) is 4.31. The lowest BCUT2D eigenvalue weighted by Crippen LogP contribution is -2.41. The summed E-state index contributed by atoms with van der Waals surface area (Å²) in [5.41, 5.74) is 4.12. The SMILES string of the molecule is Cc1ccc(C)c2c(=O)cc(CN3CCCN(C(=O)C4CCC4)CC3)[nH]c12. The molecule has 2 aliphatic rings. The fourth-order valence-electron chi connectivity index (χ4n) is 4.31. The van der Waals surface area contributed by atoms with Crippen molar-refractivity contribution >= 4 is 16.8 Å². The molecule has 1 aliphatic heterocycles. The van der Waals surface area contributed by atoms with Gasteiger partial charge in [0.2, 0.25) is 5.91 Å². The molecule has 0 bridgehead atoms. The first kappa shape index (κ1) is 18.2. The molecule has 2 aromatic rings. The van der Waals surface area contributed by atoms with Crippen molar-refractivity contribution in [3.8, 4) is 0 Å². The second kappa shape index (κ2) is 7.47. The normalized spacial score (nSPS) is 19.1. The molecule has 0 spiro atoms. The lowest BCUT2D eigenvalue weighted by Gasteiger charge is -2.31. The number of nitrogens with one attached hydrogen (secondary N) is 1. The Bertz CT molecular complexity index is 914. The van der Waals surface area contributed by atoms with Gasteiger partial charge < -0.3 is 9.88 Å². The number of benzene rings is 1. The average Bonchev–Trinajstić information content (AvgIpc) is 2.82. The first-order valence-corrected chi connectivity index (χ1v) is 10.2. The highest BCUT2D eigenvalue weighted by Crippen LogP contribution is 2.28. The van der Waals surface area contributed by atoms with Crippen LogP contribution < -0.4 is 5.43 Å². The van der Waals surface area contributed by atoms with E-state index in [2.05, 4.69) is 20.9 Å². The molecule has 0 unspecified atom stereocenters. The summed E-state index contributed by atoms with van der Waals surface area (Å²) in [6.45, 7) is 8.23. The van der Waals surface area contributed by atoms with E-state index in [0.717, 1.165) is 79.7 Å². The van der Waals surface area contributed by atoms with Crippen LogP contribution in [0, 0.1) is 19.8 Å². The van der Waals surface area contributed by atoms with Crippen molar-refractivity contribution < 1.29 is 4.79 Å². The van der Waals surface area contributed by atoms with Gasteiger partial charge in [0.05, 0.1) is 5.52 Å². The quantitative estimate of drug-likeness (QED) is 0.907. The fraction of sp³-hybridized carbons (Fsp3) is 0.545. The van der Waals surface area contributed by atoms with Crippen LogP contribution in [0.3, 0.4) is 0 Å². The van der Waals surface area contributed by atoms with E-state index in [1.807, 2.05) is 19.9 Å². The molecule has 1 aromatic carbocycles. The summed E-state index contributed by atoms with van der Waals surface area (Å²) in [5, 5.41) is 0.798. The highest BCUT2D eigenvalue weighted by molar-refractivity contribution is 5.84. The molecule has 144 valence electrons. The van der Waals surface area contributed by atoms with Crippen molar-refractivity contribution in [1.29, 1.82) is 0 Å². The van der Waals surface area contributed by atoms with E-state index in [1.165, 1.54) is 6.42 Å². The number of carbonyl (C=O) groups is 1. The van der Waals surface area contributed by atoms with E-state index in [-0.39, 0.29) is 11.3 Å². The Morgan fingerprint density at radius 1 is 1.07 bits per heavy atom. The highest BCUT2D eigenvalue weighted by atomic mass is 16.2. The molecule has 1 saturated carbocycles. The average molecular weight is 367 g/mol. The summed E-state index contributed by atoms with van der Waals surface area (Å²) < 4.78 is 0. The molecule has 27 heavy (non-hydrogen) atoms. The minimum Gasteiger partial charge on any atom is -0.357 e. The molecule has 1 aromatic heterocycles. The summed E-state index contributed by atoms with van der Waals surface area (Å²) in [7, 11) is 0. The van der Waals surface area contributed by atoms with Crippen LogP contribution in [0.5, 0.6) is 0 Å². The smallest absolute Gasteiger partial charge is 0.225 e. The van der Waals surface area contributed by atoms with E-state index in [9.17, 15) is 9.59 Å². The maximum absolute atomic E-state index is 12.6. The van der Waals surface area contributed by atoms with Crippen molar-refractivity contribution in [3.63, 3.8) is 0 Å². The van der Waals surface area contributed by atoms with E-state index in [1.54, 1.807) is 6.07 Å². The standard InChI is InChI=1S/C22H29N3O2/c1-15-7-8-16(2)21-20(15)19(26)13-18(23-21)14-24-9-4-10-25(12-11-24)22(27)17-5-3-6-17/h7-8,13,17H,3-6,9-12,14H2,1-2H3,(H,23,26). The number of nitrogens with zero attached hydrogens (tertiary/aromatic N) is 2. The number of aryl methyl sites for hydroxylation is 2. The number of carbonyl (C=O) groups excluding carboxylic acids is 1. The predicted octanol–water partition coefficient (Wildman–Crippen LogP) is 2.98. The van der Waals surface area contributed by atoms with Crippen LogP contribution in [0.1, 0.15) is 42.5 Å². The van der Waals surface area contributed by atoms with Crippen LogP contribution in [-0.4, -0.2) is 46.9 Å². The summed E-state index contributed by atoms with van der Waals surface area (Å²) in [6.07, 6.45) is 4.32. The van der Waals surface area contributed by atoms with Crippen LogP contribution in [0.4, 0.5) is 0 Å². The van der Waals surface area contributed by atoms with E-state index < -0.39 is 0 Å². The zero-order chi connectivity index (χ0) is 19.0. The molecule has 2 fully saturated rings. The Labute approximate surface area is 160 Å². The molecular formula is C22H29N3O2. The highest BCUT2D eigenvalue weighted by Gasteiger charge is 2.30. The molecule has 4 rings (SSSR count). The van der Waals surface area contributed by atoms with Gasteiger partial charge in [0.25, 0.3) is 0 Å². The van der Waals surface area contributed by atoms with Crippen LogP contribution in [0.2, 0.25) is 0 Å². The number of H-pyrrole nitrogens is 1. The number of aromatic amines is 1. The number of aromatic nitrogens is 1. The topological polar surface area (TPSA) is 56.4 Å². The van der Waals surface area contributed by atoms with Gasteiger partial charge in [-0.2, -0.15) is 0 Å². The molecule has 0 radical (unpaired) electrons. The number of amides is 1. The zero-order valence-electron chi connectivity index (χ0n) is 16.4. The number of pyridine rings is 1. The Balaban J connectivity index is 1.48. The second-order valence-corrected chi connectivity index (χ2v) is 8.19. The minimum absolute atomic E-state index is 0.0940. The maximum Gasteiger partial charge on any atom is 0.225 e. The van der Waals surface area contributed by atoms with Crippen LogP contribution >= 0.6 is 0 Å². The molecule has 1 N–H and O–H groups in total. The zero-order valence-corrected chi connectivity index (χ0v) is 16.4. The third kappa shape index (κ3) is 3.65. The minimum atomic E-state index is 0.0940. The Morgan fingerprint density at radius 2 is 1.85 bits per heavy atom. The van der Waals surface area contributed by atoms with Crippen molar-refractivity contribution in [2.75, 3.05) is 26.2 Å². The lowest BCUT2D eigenvalue weighted by molar-refractivity contribution is -0.138. The van der Waals surface area contributed by atoms with Crippen molar-refractivity contribution in [3.05, 3.63) is 45.2 Å². The summed E-state index contributed by atoms with van der Waals surface area (Å²) >= 11 is 0. The van der Waals surface area contributed by atoms with Crippen LogP contribution in [0.25, 0.3) is 10.9 Å². The number of hydrogen-bond donors (Lipinski definition) is 1. The molecule has 1 aliphatic carbocycles. The van der Waals surface area contributed by atoms with Crippen molar-refractivity contribution in [2.24, 2.45) is 5.92 Å². The van der Waals surface area contributed by atoms with Gasteiger partial charge in [-0.05, 0) is 44.2 Å². The van der Waals surface area contributed by atoms with Gasteiger partial charge in [-0.15, -0.1) is 0 Å². The molecule has 5 nitrogen and oxygen atoms in total. The molecule has 2 heterocycles. The molecule has 1 saturated heterocycles. The van der Waals surface area contributed by atoms with Crippen LogP contribution in [0.15, 0.2) is 23.0 Å². The van der Waals surface area contributed by atoms with Gasteiger partial charge in [0.15, 0.2) is 5.43 Å². The third-order valence-electron chi connectivity index (χ3n) is 6.21.